The van der Waals surface area contributed by atoms with Crippen LogP contribution in [0, 0.1) is 5.92 Å². The first-order valence-electron chi connectivity index (χ1n) is 6.76. The topological polar surface area (TPSA) is 70.9 Å². The van der Waals surface area contributed by atoms with Gasteiger partial charge in [0, 0.05) is 18.7 Å². The van der Waals surface area contributed by atoms with Crippen LogP contribution in [0.15, 0.2) is 18.5 Å². The lowest BCUT2D eigenvalue weighted by Gasteiger charge is -2.15. The molecule has 3 aromatic heterocycles. The van der Waals surface area contributed by atoms with Crippen LogP contribution in [0.2, 0.25) is 0 Å². The quantitative estimate of drug-likeness (QED) is 0.725. The van der Waals surface area contributed by atoms with Gasteiger partial charge in [-0.3, -0.25) is 4.40 Å². The van der Waals surface area contributed by atoms with Crippen molar-refractivity contribution in [3.05, 3.63) is 24.3 Å². The van der Waals surface area contributed by atoms with Gasteiger partial charge < -0.3 is 10.3 Å². The molecule has 3 aromatic rings. The zero-order chi connectivity index (χ0) is 12.8. The molecule has 1 fully saturated rings. The molecule has 4 heterocycles. The fourth-order valence-corrected chi connectivity index (χ4v) is 3.10. The van der Waals surface area contributed by atoms with E-state index in [0.717, 1.165) is 42.1 Å². The molecule has 19 heavy (non-hydrogen) atoms. The van der Waals surface area contributed by atoms with E-state index in [9.17, 15) is 0 Å². The fourth-order valence-electron chi connectivity index (χ4n) is 3.10. The maximum absolute atomic E-state index is 4.42. The minimum Gasteiger partial charge on any atom is -0.345 e. The van der Waals surface area contributed by atoms with E-state index in [2.05, 4.69) is 36.8 Å². The first-order chi connectivity index (χ1) is 9.38. The molecular formula is C13H16N6. The summed E-state index contributed by atoms with van der Waals surface area (Å²) in [6, 6.07) is 2.03. The van der Waals surface area contributed by atoms with E-state index >= 15 is 0 Å². The summed E-state index contributed by atoms with van der Waals surface area (Å²) < 4.78 is 2.14. The Hall–Kier alpha value is -1.95. The average Bonchev–Trinajstić information content (AvgIpc) is 3.15. The zero-order valence-corrected chi connectivity index (χ0v) is 10.8. The molecule has 2 N–H and O–H groups in total. The third kappa shape index (κ3) is 1.49. The van der Waals surface area contributed by atoms with Crippen molar-refractivity contribution in [3.63, 3.8) is 0 Å². The second-order valence-corrected chi connectivity index (χ2v) is 5.15. The van der Waals surface area contributed by atoms with Gasteiger partial charge in [0.2, 0.25) is 0 Å². The van der Waals surface area contributed by atoms with E-state index < -0.39 is 0 Å². The van der Waals surface area contributed by atoms with Crippen molar-refractivity contribution in [2.24, 2.45) is 5.92 Å². The maximum Gasteiger partial charge on any atom is 0.179 e. The van der Waals surface area contributed by atoms with Gasteiger partial charge in [0.15, 0.2) is 11.3 Å². The predicted molar refractivity (Wildman–Crippen MR) is 72.0 cm³/mol. The Kier molecular flexibility index (Phi) is 2.32. The summed E-state index contributed by atoms with van der Waals surface area (Å²) in [7, 11) is 0. The van der Waals surface area contributed by atoms with Gasteiger partial charge in [-0.25, -0.2) is 4.98 Å². The Labute approximate surface area is 110 Å². The molecule has 0 saturated carbocycles. The van der Waals surface area contributed by atoms with E-state index in [4.69, 9.17) is 0 Å². The SMILES string of the molecule is CC[C@H]1CNC[C@H]1c1nnc2cnc3[nH]ccc3n12. The van der Waals surface area contributed by atoms with Gasteiger partial charge in [0.05, 0.1) is 11.7 Å². The van der Waals surface area contributed by atoms with E-state index in [-0.39, 0.29) is 0 Å². The predicted octanol–water partition coefficient (Wildman–Crippen LogP) is 1.32. The zero-order valence-electron chi connectivity index (χ0n) is 10.8. The van der Waals surface area contributed by atoms with Crippen molar-refractivity contribution in [2.75, 3.05) is 13.1 Å². The number of H-pyrrole nitrogens is 1. The molecule has 0 amide bonds. The number of nitrogens with one attached hydrogen (secondary N) is 2. The Balaban J connectivity index is 1.96. The van der Waals surface area contributed by atoms with Crippen molar-refractivity contribution < 1.29 is 0 Å². The van der Waals surface area contributed by atoms with Crippen LogP contribution in [0.5, 0.6) is 0 Å². The number of hydrogen-bond donors (Lipinski definition) is 2. The summed E-state index contributed by atoms with van der Waals surface area (Å²) in [4.78, 5) is 7.50. The average molecular weight is 256 g/mol. The monoisotopic (exact) mass is 256 g/mol. The highest BCUT2D eigenvalue weighted by Crippen LogP contribution is 2.30. The largest absolute Gasteiger partial charge is 0.345 e. The second-order valence-electron chi connectivity index (χ2n) is 5.15. The van der Waals surface area contributed by atoms with Crippen molar-refractivity contribution >= 4 is 16.8 Å². The molecule has 1 aliphatic heterocycles. The van der Waals surface area contributed by atoms with Crippen molar-refractivity contribution in [3.8, 4) is 0 Å². The molecule has 98 valence electrons. The summed E-state index contributed by atoms with van der Waals surface area (Å²) in [6.45, 7) is 4.28. The molecule has 1 aliphatic rings. The number of aromatic amines is 1. The molecule has 0 spiro atoms. The molecule has 6 heteroatoms. The number of fused-ring (bicyclic) bond motifs is 3. The van der Waals surface area contributed by atoms with Crippen molar-refractivity contribution in [1.82, 2.24) is 29.9 Å². The van der Waals surface area contributed by atoms with Gasteiger partial charge >= 0.3 is 0 Å². The second kappa shape index (κ2) is 4.03. The first kappa shape index (κ1) is 10.9. The van der Waals surface area contributed by atoms with Gasteiger partial charge in [0.25, 0.3) is 0 Å². The lowest BCUT2D eigenvalue weighted by atomic mass is 9.93. The Morgan fingerprint density at radius 1 is 1.37 bits per heavy atom. The number of aromatic nitrogens is 5. The van der Waals surface area contributed by atoms with Crippen LogP contribution >= 0.6 is 0 Å². The van der Waals surface area contributed by atoms with Crippen LogP contribution in [0.1, 0.15) is 25.1 Å². The van der Waals surface area contributed by atoms with Crippen LogP contribution in [-0.4, -0.2) is 37.7 Å². The smallest absolute Gasteiger partial charge is 0.179 e. The molecular weight excluding hydrogens is 240 g/mol. The lowest BCUT2D eigenvalue weighted by Crippen LogP contribution is -2.13. The van der Waals surface area contributed by atoms with Gasteiger partial charge in [0.1, 0.15) is 5.82 Å². The highest BCUT2D eigenvalue weighted by Gasteiger charge is 2.31. The van der Waals surface area contributed by atoms with E-state index in [1.807, 2.05) is 12.3 Å². The number of hydrogen-bond acceptors (Lipinski definition) is 4. The normalized spacial score (nSPS) is 23.6. The Morgan fingerprint density at radius 2 is 2.32 bits per heavy atom. The number of nitrogens with zero attached hydrogens (tertiary/aromatic N) is 4. The molecule has 4 rings (SSSR count). The summed E-state index contributed by atoms with van der Waals surface area (Å²) >= 11 is 0. The van der Waals surface area contributed by atoms with E-state index in [1.54, 1.807) is 6.20 Å². The highest BCUT2D eigenvalue weighted by atomic mass is 15.3. The Morgan fingerprint density at radius 3 is 3.21 bits per heavy atom. The molecule has 0 bridgehead atoms. The van der Waals surface area contributed by atoms with Gasteiger partial charge in [-0.2, -0.15) is 0 Å². The van der Waals surface area contributed by atoms with E-state index in [1.165, 1.54) is 0 Å². The van der Waals surface area contributed by atoms with E-state index in [0.29, 0.717) is 11.8 Å². The van der Waals surface area contributed by atoms with Crippen LogP contribution in [0.3, 0.4) is 0 Å². The van der Waals surface area contributed by atoms with Gasteiger partial charge in [-0.1, -0.05) is 13.3 Å². The summed E-state index contributed by atoms with van der Waals surface area (Å²) in [5, 5.41) is 12.2. The molecule has 0 aromatic carbocycles. The minimum absolute atomic E-state index is 0.431. The van der Waals surface area contributed by atoms with Gasteiger partial charge in [-0.05, 0) is 18.5 Å². The standard InChI is InChI=1S/C13H16N6/c1-2-8-5-14-6-9(8)13-18-17-11-7-16-12-10(19(11)13)3-4-15-12/h3-4,7-9,14-15H,2,5-6H2,1H3/t8-,9+/m0/s1. The third-order valence-electron chi connectivity index (χ3n) is 4.16. The van der Waals surface area contributed by atoms with Gasteiger partial charge in [-0.15, -0.1) is 10.2 Å². The third-order valence-corrected chi connectivity index (χ3v) is 4.16. The molecule has 2 atom stereocenters. The fraction of sp³-hybridized carbons (Fsp3) is 0.462. The molecule has 0 radical (unpaired) electrons. The number of rotatable bonds is 2. The van der Waals surface area contributed by atoms with Crippen LogP contribution < -0.4 is 5.32 Å². The lowest BCUT2D eigenvalue weighted by molar-refractivity contribution is 0.483. The van der Waals surface area contributed by atoms with Crippen molar-refractivity contribution in [2.45, 2.75) is 19.3 Å². The summed E-state index contributed by atoms with van der Waals surface area (Å²) in [5.74, 6) is 2.12. The molecule has 1 saturated heterocycles. The summed E-state index contributed by atoms with van der Waals surface area (Å²) in [5.41, 5.74) is 2.76. The Bertz CT molecular complexity index is 727. The van der Waals surface area contributed by atoms with Crippen LogP contribution in [0.25, 0.3) is 16.8 Å². The van der Waals surface area contributed by atoms with Crippen LogP contribution in [-0.2, 0) is 0 Å². The van der Waals surface area contributed by atoms with Crippen LogP contribution in [0.4, 0.5) is 0 Å². The maximum atomic E-state index is 4.42. The molecule has 6 nitrogen and oxygen atoms in total. The molecule has 0 unspecified atom stereocenters. The first-order valence-corrected chi connectivity index (χ1v) is 6.76. The molecule has 0 aliphatic carbocycles. The van der Waals surface area contributed by atoms with Crippen molar-refractivity contribution in [1.29, 1.82) is 0 Å². The minimum atomic E-state index is 0.431. The summed E-state index contributed by atoms with van der Waals surface area (Å²) in [6.07, 6.45) is 4.84. The highest BCUT2D eigenvalue weighted by molar-refractivity contribution is 5.74.